The number of benzene rings is 2. The van der Waals surface area contributed by atoms with Crippen molar-refractivity contribution in [2.75, 3.05) is 18.2 Å². The molecule has 3 aromatic rings. The fourth-order valence-corrected chi connectivity index (χ4v) is 3.91. The van der Waals surface area contributed by atoms with Crippen LogP contribution in [-0.2, 0) is 16.0 Å². The minimum absolute atomic E-state index is 0.158. The Morgan fingerprint density at radius 1 is 1.11 bits per heavy atom. The predicted molar refractivity (Wildman–Crippen MR) is 102 cm³/mol. The van der Waals surface area contributed by atoms with E-state index in [1.807, 2.05) is 29.7 Å². The number of aromatic amines is 1. The molecule has 2 aromatic carbocycles. The van der Waals surface area contributed by atoms with E-state index in [-0.39, 0.29) is 31.1 Å². The topological polar surface area (TPSA) is 88.2 Å². The van der Waals surface area contributed by atoms with Gasteiger partial charge in [0, 0.05) is 29.6 Å². The Hall–Kier alpha value is -3.32. The van der Waals surface area contributed by atoms with Gasteiger partial charge in [-0.1, -0.05) is 18.2 Å². The van der Waals surface area contributed by atoms with Crippen LogP contribution < -0.4 is 19.7 Å². The number of nitrogens with zero attached hydrogens (tertiary/aromatic N) is 1. The van der Waals surface area contributed by atoms with Gasteiger partial charge in [-0.05, 0) is 23.8 Å². The molecule has 0 unspecified atom stereocenters. The second kappa shape index (κ2) is 6.69. The van der Waals surface area contributed by atoms with E-state index in [4.69, 9.17) is 9.47 Å². The van der Waals surface area contributed by atoms with Crippen molar-refractivity contribution in [3.05, 3.63) is 54.2 Å². The molecule has 0 radical (unpaired) electrons. The number of aromatic nitrogens is 1. The van der Waals surface area contributed by atoms with E-state index in [1.165, 1.54) is 15.8 Å². The van der Waals surface area contributed by atoms with Gasteiger partial charge in [-0.15, -0.1) is 0 Å². The molecule has 28 heavy (non-hydrogen) atoms. The highest BCUT2D eigenvalue weighted by atomic mass is 16.7. The molecule has 142 valence electrons. The minimum atomic E-state index is -0.386. The third-order valence-corrected chi connectivity index (χ3v) is 5.34. The van der Waals surface area contributed by atoms with Crippen LogP contribution in [0.1, 0.15) is 12.0 Å². The Labute approximate surface area is 161 Å². The van der Waals surface area contributed by atoms with Crippen molar-refractivity contribution in [1.82, 2.24) is 4.98 Å². The molecule has 1 saturated heterocycles. The number of para-hydroxylation sites is 1. The summed E-state index contributed by atoms with van der Waals surface area (Å²) < 4.78 is 10.6. The van der Waals surface area contributed by atoms with E-state index < -0.39 is 0 Å². The van der Waals surface area contributed by atoms with Crippen LogP contribution in [0.3, 0.4) is 0 Å². The summed E-state index contributed by atoms with van der Waals surface area (Å²) in [5, 5.41) is 3.17. The number of nitrogens with one attached hydrogen (secondary N) is 1. The van der Waals surface area contributed by atoms with Crippen molar-refractivity contribution < 1.29 is 24.4 Å². The first-order valence-electron chi connectivity index (χ1n) is 9.35. The number of nitrogens with two attached hydrogens (primary N) is 1. The average molecular weight is 378 g/mol. The zero-order valence-corrected chi connectivity index (χ0v) is 15.2. The van der Waals surface area contributed by atoms with E-state index in [2.05, 4.69) is 11.1 Å². The van der Waals surface area contributed by atoms with E-state index in [0.29, 0.717) is 17.2 Å². The standard InChI is InChI=1S/C21H19N3O4/c25-20-10-17(22-8-7-13-11-23-16-4-2-1-3-15(13)16)21(26)24(20)14-5-6-18-19(9-14)28-12-27-18/h1-6,9,11,17,22-23H,7-8,10,12H2/p+1/t17-/m1/s1. The summed E-state index contributed by atoms with van der Waals surface area (Å²) in [4.78, 5) is 29.8. The molecule has 3 N–H and O–H groups in total. The minimum Gasteiger partial charge on any atom is -0.454 e. The first-order chi connectivity index (χ1) is 13.7. The monoisotopic (exact) mass is 378 g/mol. The van der Waals surface area contributed by atoms with Crippen LogP contribution in [0, 0.1) is 0 Å². The first kappa shape index (κ1) is 16.8. The van der Waals surface area contributed by atoms with Gasteiger partial charge < -0.3 is 19.8 Å². The predicted octanol–water partition coefficient (Wildman–Crippen LogP) is 1.33. The second-order valence-corrected chi connectivity index (χ2v) is 7.05. The molecule has 0 aliphatic carbocycles. The molecule has 5 rings (SSSR count). The summed E-state index contributed by atoms with van der Waals surface area (Å²) in [6.07, 6.45) is 3.05. The van der Waals surface area contributed by atoms with E-state index in [1.54, 1.807) is 18.2 Å². The number of imide groups is 1. The van der Waals surface area contributed by atoms with E-state index in [0.717, 1.165) is 18.5 Å². The Bertz CT molecular complexity index is 1070. The van der Waals surface area contributed by atoms with Crippen molar-refractivity contribution >= 4 is 28.4 Å². The lowest BCUT2D eigenvalue weighted by molar-refractivity contribution is -0.674. The van der Waals surface area contributed by atoms with Crippen molar-refractivity contribution in [3.63, 3.8) is 0 Å². The number of H-pyrrole nitrogens is 1. The molecule has 2 aliphatic rings. The number of quaternary nitrogens is 1. The normalized spacial score (nSPS) is 18.4. The molecular weight excluding hydrogens is 358 g/mol. The van der Waals surface area contributed by atoms with E-state index >= 15 is 0 Å². The molecule has 3 heterocycles. The lowest BCUT2D eigenvalue weighted by Gasteiger charge is -2.14. The molecule has 1 atom stereocenters. The van der Waals surface area contributed by atoms with Crippen LogP contribution in [0.2, 0.25) is 0 Å². The van der Waals surface area contributed by atoms with Crippen LogP contribution in [0.15, 0.2) is 48.7 Å². The number of carbonyl (C=O) groups is 2. The van der Waals surface area contributed by atoms with Crippen LogP contribution in [0.4, 0.5) is 5.69 Å². The maximum Gasteiger partial charge on any atom is 0.292 e. The fourth-order valence-electron chi connectivity index (χ4n) is 3.91. The summed E-state index contributed by atoms with van der Waals surface area (Å²) in [7, 11) is 0. The van der Waals surface area contributed by atoms with Gasteiger partial charge in [-0.25, -0.2) is 4.90 Å². The van der Waals surface area contributed by atoms with Gasteiger partial charge in [0.05, 0.1) is 18.7 Å². The summed E-state index contributed by atoms with van der Waals surface area (Å²) in [5.74, 6) is 0.828. The second-order valence-electron chi connectivity index (χ2n) is 7.05. The lowest BCUT2D eigenvalue weighted by atomic mass is 10.1. The molecule has 2 amide bonds. The summed E-state index contributed by atoms with van der Waals surface area (Å²) in [6.45, 7) is 0.894. The number of rotatable bonds is 5. The van der Waals surface area contributed by atoms with Gasteiger partial charge in [-0.2, -0.15) is 0 Å². The molecule has 0 bridgehead atoms. The molecule has 1 fully saturated rings. The fraction of sp³-hybridized carbons (Fsp3) is 0.238. The number of carbonyl (C=O) groups excluding carboxylic acids is 2. The molecule has 0 saturated carbocycles. The van der Waals surface area contributed by atoms with Crippen LogP contribution >= 0.6 is 0 Å². The van der Waals surface area contributed by atoms with Crippen LogP contribution in [0.5, 0.6) is 11.5 Å². The average Bonchev–Trinajstić information content (AvgIpc) is 3.40. The SMILES string of the molecule is O=C1C[C@@H]([NH2+]CCc2c[nH]c3ccccc23)C(=O)N1c1ccc2c(c1)OCO2. The highest BCUT2D eigenvalue weighted by Gasteiger charge is 2.42. The number of fused-ring (bicyclic) bond motifs is 2. The van der Waals surface area contributed by atoms with Gasteiger partial charge in [0.15, 0.2) is 17.5 Å². The Balaban J connectivity index is 1.26. The number of hydrogen-bond acceptors (Lipinski definition) is 4. The molecular formula is C21H20N3O4+. The number of ether oxygens (including phenoxy) is 2. The first-order valence-corrected chi connectivity index (χ1v) is 9.35. The smallest absolute Gasteiger partial charge is 0.292 e. The van der Waals surface area contributed by atoms with Crippen molar-refractivity contribution in [3.8, 4) is 11.5 Å². The summed E-state index contributed by atoms with van der Waals surface area (Å²) in [5.41, 5.74) is 2.86. The maximum absolute atomic E-state index is 12.8. The number of hydrogen-bond donors (Lipinski definition) is 2. The molecule has 7 nitrogen and oxygen atoms in total. The van der Waals surface area contributed by atoms with Gasteiger partial charge in [0.2, 0.25) is 12.7 Å². The van der Waals surface area contributed by atoms with Gasteiger partial charge in [0.25, 0.3) is 5.91 Å². The zero-order valence-electron chi connectivity index (χ0n) is 15.2. The van der Waals surface area contributed by atoms with Crippen LogP contribution in [0.25, 0.3) is 10.9 Å². The quantitative estimate of drug-likeness (QED) is 0.656. The number of anilines is 1. The van der Waals surface area contributed by atoms with Crippen molar-refractivity contribution in [2.24, 2.45) is 0 Å². The van der Waals surface area contributed by atoms with Gasteiger partial charge in [-0.3, -0.25) is 9.59 Å². The van der Waals surface area contributed by atoms with Gasteiger partial charge in [0.1, 0.15) is 0 Å². The zero-order chi connectivity index (χ0) is 19.1. The van der Waals surface area contributed by atoms with Crippen molar-refractivity contribution in [1.29, 1.82) is 0 Å². The third-order valence-electron chi connectivity index (χ3n) is 5.34. The Kier molecular flexibility index (Phi) is 4.02. The third kappa shape index (κ3) is 2.80. The molecule has 0 spiro atoms. The number of amides is 2. The highest BCUT2D eigenvalue weighted by molar-refractivity contribution is 6.21. The van der Waals surface area contributed by atoms with Crippen molar-refractivity contribution in [2.45, 2.75) is 18.9 Å². The molecule has 1 aromatic heterocycles. The largest absolute Gasteiger partial charge is 0.454 e. The lowest BCUT2D eigenvalue weighted by Crippen LogP contribution is -2.92. The highest BCUT2D eigenvalue weighted by Crippen LogP contribution is 2.36. The van der Waals surface area contributed by atoms with Crippen LogP contribution in [-0.4, -0.2) is 36.2 Å². The van der Waals surface area contributed by atoms with E-state index in [9.17, 15) is 9.59 Å². The summed E-state index contributed by atoms with van der Waals surface area (Å²) in [6, 6.07) is 12.9. The molecule has 7 heteroatoms. The maximum atomic E-state index is 12.8. The Morgan fingerprint density at radius 2 is 1.96 bits per heavy atom. The van der Waals surface area contributed by atoms with Gasteiger partial charge >= 0.3 is 0 Å². The Morgan fingerprint density at radius 3 is 2.89 bits per heavy atom. The molecule has 2 aliphatic heterocycles. The summed E-state index contributed by atoms with van der Waals surface area (Å²) >= 11 is 0.